The number of halogens is 1. The molecule has 2 heteroatoms. The maximum absolute atomic E-state index is 5.54. The Bertz CT molecular complexity index is 387. The van der Waals surface area contributed by atoms with Crippen LogP contribution in [0.4, 0.5) is 0 Å². The first-order valence-corrected chi connectivity index (χ1v) is 6.78. The van der Waals surface area contributed by atoms with E-state index in [1.165, 1.54) is 5.56 Å². The van der Waals surface area contributed by atoms with Crippen molar-refractivity contribution < 1.29 is 4.74 Å². The molecular formula is C16H19ClO. The van der Waals surface area contributed by atoms with Crippen LogP contribution >= 0.6 is 11.6 Å². The van der Waals surface area contributed by atoms with Gasteiger partial charge in [0.2, 0.25) is 0 Å². The lowest BCUT2D eigenvalue weighted by atomic mass is 10.2. The molecule has 0 aliphatic heterocycles. The maximum Gasteiger partial charge on any atom is 0.107 e. The molecule has 1 aromatic rings. The predicted molar refractivity (Wildman–Crippen MR) is 78.6 cm³/mol. The van der Waals surface area contributed by atoms with Crippen molar-refractivity contribution in [1.29, 1.82) is 0 Å². The molecule has 0 fully saturated rings. The Morgan fingerprint density at radius 2 is 2.00 bits per heavy atom. The molecule has 18 heavy (non-hydrogen) atoms. The van der Waals surface area contributed by atoms with Gasteiger partial charge in [-0.05, 0) is 18.4 Å². The monoisotopic (exact) mass is 262 g/mol. The third-order valence-corrected chi connectivity index (χ3v) is 2.54. The summed E-state index contributed by atoms with van der Waals surface area (Å²) in [7, 11) is 0. The quantitative estimate of drug-likeness (QED) is 0.408. The Morgan fingerprint density at radius 3 is 2.78 bits per heavy atom. The van der Waals surface area contributed by atoms with Crippen LogP contribution in [0.15, 0.2) is 36.4 Å². The second-order valence-electron chi connectivity index (χ2n) is 3.80. The van der Waals surface area contributed by atoms with Crippen LogP contribution in [-0.2, 0) is 4.74 Å². The fourth-order valence-corrected chi connectivity index (χ4v) is 1.49. The first kappa shape index (κ1) is 14.8. The van der Waals surface area contributed by atoms with Gasteiger partial charge < -0.3 is 4.74 Å². The standard InChI is InChI=1S/C16H19ClO/c17-13-7-1-2-8-14-18-15-9-6-12-16-10-4-3-5-11-16/h3-6,10-12H,1,7,9,13-15H2/b12-6-. The molecule has 0 heterocycles. The Labute approximate surface area is 115 Å². The summed E-state index contributed by atoms with van der Waals surface area (Å²) in [4.78, 5) is 0. The van der Waals surface area contributed by atoms with Gasteiger partial charge in [-0.3, -0.25) is 0 Å². The molecule has 0 saturated heterocycles. The highest BCUT2D eigenvalue weighted by molar-refractivity contribution is 6.17. The average Bonchev–Trinajstić information content (AvgIpc) is 2.42. The van der Waals surface area contributed by atoms with Gasteiger partial charge >= 0.3 is 0 Å². The van der Waals surface area contributed by atoms with Gasteiger partial charge in [-0.15, -0.1) is 17.5 Å². The summed E-state index contributed by atoms with van der Waals surface area (Å²) in [6.45, 7) is 1.23. The van der Waals surface area contributed by atoms with Crippen LogP contribution < -0.4 is 0 Å². The molecule has 0 aromatic heterocycles. The van der Waals surface area contributed by atoms with Crippen LogP contribution in [0.5, 0.6) is 0 Å². The highest BCUT2D eigenvalue weighted by Gasteiger charge is 1.84. The summed E-state index contributed by atoms with van der Waals surface area (Å²) >= 11 is 5.54. The lowest BCUT2D eigenvalue weighted by Gasteiger charge is -1.95. The molecule has 0 aliphatic rings. The Morgan fingerprint density at radius 1 is 1.17 bits per heavy atom. The molecule has 0 atom stereocenters. The summed E-state index contributed by atoms with van der Waals surface area (Å²) in [5.74, 6) is 6.68. The zero-order valence-corrected chi connectivity index (χ0v) is 11.3. The first-order chi connectivity index (χ1) is 8.93. The SMILES string of the molecule is ClCCCC#CCOCC/C=C\c1ccccc1. The van der Waals surface area contributed by atoms with Gasteiger partial charge in [0.1, 0.15) is 6.61 Å². The van der Waals surface area contributed by atoms with E-state index in [2.05, 4.69) is 36.1 Å². The molecule has 0 spiro atoms. The summed E-state index contributed by atoms with van der Waals surface area (Å²) in [6, 6.07) is 10.3. The van der Waals surface area contributed by atoms with Gasteiger partial charge in [-0.2, -0.15) is 0 Å². The van der Waals surface area contributed by atoms with E-state index in [1.807, 2.05) is 18.2 Å². The lowest BCUT2D eigenvalue weighted by molar-refractivity contribution is 0.172. The summed E-state index contributed by atoms with van der Waals surface area (Å²) in [5.41, 5.74) is 1.22. The zero-order valence-electron chi connectivity index (χ0n) is 10.6. The minimum atomic E-state index is 0.515. The van der Waals surface area contributed by atoms with Crippen LogP contribution in [0, 0.1) is 11.8 Å². The largest absolute Gasteiger partial charge is 0.368 e. The van der Waals surface area contributed by atoms with E-state index in [9.17, 15) is 0 Å². The number of ether oxygens (including phenoxy) is 1. The van der Waals surface area contributed by atoms with E-state index < -0.39 is 0 Å². The van der Waals surface area contributed by atoms with Gasteiger partial charge in [0.25, 0.3) is 0 Å². The highest BCUT2D eigenvalue weighted by atomic mass is 35.5. The fraction of sp³-hybridized carbons (Fsp3) is 0.375. The molecule has 1 nitrogen and oxygen atoms in total. The number of benzene rings is 1. The lowest BCUT2D eigenvalue weighted by Crippen LogP contribution is -1.92. The van der Waals surface area contributed by atoms with Crippen molar-refractivity contribution >= 4 is 17.7 Å². The van der Waals surface area contributed by atoms with E-state index in [4.69, 9.17) is 16.3 Å². The maximum atomic E-state index is 5.54. The van der Waals surface area contributed by atoms with Crippen molar-refractivity contribution in [2.45, 2.75) is 19.3 Å². The van der Waals surface area contributed by atoms with Gasteiger partial charge in [-0.1, -0.05) is 48.4 Å². The topological polar surface area (TPSA) is 9.23 Å². The Balaban J connectivity index is 2.01. The number of rotatable bonds is 7. The van der Waals surface area contributed by atoms with Crippen LogP contribution in [0.25, 0.3) is 6.08 Å². The van der Waals surface area contributed by atoms with Crippen LogP contribution in [-0.4, -0.2) is 19.1 Å². The molecule has 0 unspecified atom stereocenters. The van der Waals surface area contributed by atoms with E-state index in [1.54, 1.807) is 0 Å². The van der Waals surface area contributed by atoms with E-state index in [0.29, 0.717) is 19.1 Å². The van der Waals surface area contributed by atoms with Gasteiger partial charge in [0.05, 0.1) is 6.61 Å². The van der Waals surface area contributed by atoms with Gasteiger partial charge in [0, 0.05) is 12.3 Å². The molecule has 0 aliphatic carbocycles. The number of hydrogen-bond acceptors (Lipinski definition) is 1. The highest BCUT2D eigenvalue weighted by Crippen LogP contribution is 2.01. The number of alkyl halides is 1. The van der Waals surface area contributed by atoms with Crippen LogP contribution in [0.3, 0.4) is 0 Å². The molecule has 1 rings (SSSR count). The molecule has 0 radical (unpaired) electrons. The third-order valence-electron chi connectivity index (χ3n) is 2.27. The molecule has 0 saturated carbocycles. The van der Waals surface area contributed by atoms with Crippen molar-refractivity contribution in [3.8, 4) is 11.8 Å². The summed E-state index contributed by atoms with van der Waals surface area (Å²) in [5, 5.41) is 0. The second kappa shape index (κ2) is 10.9. The summed E-state index contributed by atoms with van der Waals surface area (Å²) < 4.78 is 5.39. The Hall–Kier alpha value is -1.23. The smallest absolute Gasteiger partial charge is 0.107 e. The average molecular weight is 263 g/mol. The van der Waals surface area contributed by atoms with Crippen molar-refractivity contribution in [2.75, 3.05) is 19.1 Å². The Kier molecular flexibility index (Phi) is 8.98. The molecule has 0 bridgehead atoms. The van der Waals surface area contributed by atoms with E-state index in [-0.39, 0.29) is 0 Å². The van der Waals surface area contributed by atoms with Gasteiger partial charge in [-0.25, -0.2) is 0 Å². The molecular weight excluding hydrogens is 244 g/mol. The molecule has 1 aromatic carbocycles. The zero-order chi connectivity index (χ0) is 12.9. The minimum absolute atomic E-state index is 0.515. The number of hydrogen-bond donors (Lipinski definition) is 0. The normalized spacial score (nSPS) is 10.3. The van der Waals surface area contributed by atoms with Crippen molar-refractivity contribution in [2.24, 2.45) is 0 Å². The van der Waals surface area contributed by atoms with Crippen molar-refractivity contribution in [3.63, 3.8) is 0 Å². The summed E-state index contributed by atoms with van der Waals surface area (Å²) in [6.07, 6.45) is 6.96. The van der Waals surface area contributed by atoms with Gasteiger partial charge in [0.15, 0.2) is 0 Å². The van der Waals surface area contributed by atoms with E-state index in [0.717, 1.165) is 19.3 Å². The third kappa shape index (κ3) is 7.95. The molecule has 0 amide bonds. The van der Waals surface area contributed by atoms with Crippen LogP contribution in [0.1, 0.15) is 24.8 Å². The second-order valence-corrected chi connectivity index (χ2v) is 4.18. The van der Waals surface area contributed by atoms with Crippen molar-refractivity contribution in [3.05, 3.63) is 42.0 Å². The van der Waals surface area contributed by atoms with E-state index >= 15 is 0 Å². The fourth-order valence-electron chi connectivity index (χ4n) is 1.35. The van der Waals surface area contributed by atoms with Crippen LogP contribution in [0.2, 0.25) is 0 Å². The first-order valence-electron chi connectivity index (χ1n) is 6.24. The molecule has 0 N–H and O–H groups in total. The molecule has 96 valence electrons. The number of unbranched alkanes of at least 4 members (excludes halogenated alkanes) is 1. The van der Waals surface area contributed by atoms with Crippen molar-refractivity contribution in [1.82, 2.24) is 0 Å². The minimum Gasteiger partial charge on any atom is -0.368 e. The predicted octanol–water partition coefficient (Wildman–Crippen LogP) is 4.13.